The smallest absolute Gasteiger partial charge is 0.126 e. The molecule has 0 bridgehead atoms. The van der Waals surface area contributed by atoms with Crippen molar-refractivity contribution in [3.63, 3.8) is 0 Å². The van der Waals surface area contributed by atoms with Crippen LogP contribution in [0.2, 0.25) is 0 Å². The molecule has 4 nitrogen and oxygen atoms in total. The Kier molecular flexibility index (Phi) is 4.44. The van der Waals surface area contributed by atoms with Crippen molar-refractivity contribution in [3.05, 3.63) is 71.2 Å². The first kappa shape index (κ1) is 17.8. The molecular weight excluding hydrogens is 364 g/mol. The number of nitrogens with zero attached hydrogens (tertiary/aromatic N) is 3. The minimum Gasteiger partial charge on any atom is -0.341 e. The Hall–Kier alpha value is -2.24. The van der Waals surface area contributed by atoms with Gasteiger partial charge in [0.2, 0.25) is 0 Å². The zero-order chi connectivity index (χ0) is 19.3. The number of hydrazine groups is 1. The molecule has 0 spiro atoms. The van der Waals surface area contributed by atoms with Crippen molar-refractivity contribution in [1.29, 1.82) is 0 Å². The molecule has 28 heavy (non-hydrogen) atoms. The summed E-state index contributed by atoms with van der Waals surface area (Å²) in [6.07, 6.45) is 5.95. The summed E-state index contributed by atoms with van der Waals surface area (Å²) in [5.74, 6) is 1.08. The number of hydrogen-bond donors (Lipinski definition) is 1. The van der Waals surface area contributed by atoms with Crippen molar-refractivity contribution >= 4 is 27.7 Å². The number of aromatic amines is 1. The molecule has 0 amide bonds. The van der Waals surface area contributed by atoms with Gasteiger partial charge in [0.25, 0.3) is 0 Å². The van der Waals surface area contributed by atoms with Gasteiger partial charge in [-0.2, -0.15) is 0 Å². The van der Waals surface area contributed by atoms with Crippen LogP contribution >= 0.6 is 11.8 Å². The van der Waals surface area contributed by atoms with E-state index >= 15 is 0 Å². The van der Waals surface area contributed by atoms with Crippen molar-refractivity contribution < 1.29 is 0 Å². The van der Waals surface area contributed by atoms with Crippen LogP contribution in [0.4, 0.5) is 0 Å². The second-order valence-electron chi connectivity index (χ2n) is 7.79. The molecule has 5 heteroatoms. The third kappa shape index (κ3) is 3.03. The minimum absolute atomic E-state index is 0.276. The largest absolute Gasteiger partial charge is 0.341 e. The lowest BCUT2D eigenvalue weighted by Crippen LogP contribution is -2.41. The molecule has 2 unspecified atom stereocenters. The van der Waals surface area contributed by atoms with Crippen LogP contribution in [0.1, 0.15) is 48.3 Å². The van der Waals surface area contributed by atoms with Gasteiger partial charge in [-0.3, -0.25) is 5.01 Å². The van der Waals surface area contributed by atoms with Gasteiger partial charge in [0.05, 0.1) is 28.6 Å². The molecule has 143 valence electrons. The first-order chi connectivity index (χ1) is 13.6. The molecule has 2 atom stereocenters. The highest BCUT2D eigenvalue weighted by Gasteiger charge is 2.37. The zero-order valence-electron chi connectivity index (χ0n) is 16.6. The fourth-order valence-corrected chi connectivity index (χ4v) is 5.41. The summed E-state index contributed by atoms with van der Waals surface area (Å²) in [4.78, 5) is 9.82. The summed E-state index contributed by atoms with van der Waals surface area (Å²) in [5.41, 5.74) is 6.00. The molecule has 2 aromatic carbocycles. The SMILES string of the molecule is Cc1cc(C)c2nc(C3CCCN3N3[C]=C(c4ccccc4)SC3C)[nH]c2c1. The van der Waals surface area contributed by atoms with Gasteiger partial charge in [-0.1, -0.05) is 48.2 Å². The quantitative estimate of drug-likeness (QED) is 0.648. The number of fused-ring (bicyclic) bond motifs is 1. The highest BCUT2D eigenvalue weighted by molar-refractivity contribution is 8.09. The summed E-state index contributed by atoms with van der Waals surface area (Å²) in [7, 11) is 0. The topological polar surface area (TPSA) is 35.2 Å². The molecule has 5 rings (SSSR count). The van der Waals surface area contributed by atoms with Crippen molar-refractivity contribution in [1.82, 2.24) is 20.0 Å². The monoisotopic (exact) mass is 389 g/mol. The first-order valence-corrected chi connectivity index (χ1v) is 10.9. The van der Waals surface area contributed by atoms with E-state index in [0.29, 0.717) is 5.37 Å². The molecule has 2 aliphatic rings. The van der Waals surface area contributed by atoms with Crippen LogP contribution in [0.15, 0.2) is 42.5 Å². The average Bonchev–Trinajstić information content (AvgIpc) is 3.39. The molecule has 1 saturated heterocycles. The van der Waals surface area contributed by atoms with Crippen molar-refractivity contribution in [2.75, 3.05) is 6.54 Å². The average molecular weight is 390 g/mol. The van der Waals surface area contributed by atoms with Gasteiger partial charge in [0.1, 0.15) is 5.82 Å². The molecular formula is C23H25N4S. The molecule has 1 fully saturated rings. The molecule has 1 aromatic heterocycles. The van der Waals surface area contributed by atoms with Crippen molar-refractivity contribution in [2.45, 2.75) is 45.0 Å². The molecule has 3 aromatic rings. The Labute approximate surface area is 170 Å². The number of thioether (sulfide) groups is 1. The third-order valence-electron chi connectivity index (χ3n) is 5.64. The van der Waals surface area contributed by atoms with Gasteiger partial charge in [0.15, 0.2) is 0 Å². The standard InChI is InChI=1S/C23H25N4S/c1-15-12-16(2)22-19(13-15)24-23(25-22)20-10-7-11-26(20)27-14-21(28-17(27)3)18-8-5-4-6-9-18/h4-6,8-9,12-13,17,20H,7,10-11H2,1-3H3,(H,24,25). The van der Waals surface area contributed by atoms with E-state index in [9.17, 15) is 0 Å². The van der Waals surface area contributed by atoms with E-state index < -0.39 is 0 Å². The predicted octanol–water partition coefficient (Wildman–Crippen LogP) is 5.43. The van der Waals surface area contributed by atoms with E-state index in [2.05, 4.69) is 84.4 Å². The van der Waals surface area contributed by atoms with Crippen LogP contribution < -0.4 is 0 Å². The fourth-order valence-electron chi connectivity index (χ4n) is 4.37. The molecule has 1 N–H and O–H groups in total. The second-order valence-corrected chi connectivity index (χ2v) is 9.12. The third-order valence-corrected chi connectivity index (χ3v) is 6.75. The summed E-state index contributed by atoms with van der Waals surface area (Å²) >= 11 is 1.88. The lowest BCUT2D eigenvalue weighted by atomic mass is 10.1. The van der Waals surface area contributed by atoms with E-state index in [1.807, 2.05) is 11.8 Å². The molecule has 0 saturated carbocycles. The maximum absolute atomic E-state index is 4.99. The van der Waals surface area contributed by atoms with Gasteiger partial charge >= 0.3 is 0 Å². The highest BCUT2D eigenvalue weighted by Crippen LogP contribution is 2.43. The number of imidazole rings is 1. The maximum atomic E-state index is 4.99. The lowest BCUT2D eigenvalue weighted by Gasteiger charge is -2.34. The number of aromatic nitrogens is 2. The number of hydrogen-bond acceptors (Lipinski definition) is 4. The number of aryl methyl sites for hydroxylation is 2. The second kappa shape index (κ2) is 6.98. The first-order valence-electron chi connectivity index (χ1n) is 9.98. The lowest BCUT2D eigenvalue weighted by molar-refractivity contribution is -0.00548. The van der Waals surface area contributed by atoms with Crippen LogP contribution in [-0.2, 0) is 0 Å². The van der Waals surface area contributed by atoms with Gasteiger partial charge in [-0.05, 0) is 56.4 Å². The minimum atomic E-state index is 0.276. The van der Waals surface area contributed by atoms with E-state index in [4.69, 9.17) is 4.98 Å². The predicted molar refractivity (Wildman–Crippen MR) is 116 cm³/mol. The van der Waals surface area contributed by atoms with E-state index in [-0.39, 0.29) is 6.04 Å². The zero-order valence-corrected chi connectivity index (χ0v) is 17.4. The number of H-pyrrole nitrogens is 1. The molecule has 0 aliphatic carbocycles. The Morgan fingerprint density at radius 1 is 1.18 bits per heavy atom. The van der Waals surface area contributed by atoms with Gasteiger partial charge < -0.3 is 4.98 Å². The van der Waals surface area contributed by atoms with Gasteiger partial charge in [0, 0.05) is 11.4 Å². The van der Waals surface area contributed by atoms with Gasteiger partial charge in [-0.15, -0.1) is 0 Å². The summed E-state index contributed by atoms with van der Waals surface area (Å²) < 4.78 is 0. The Morgan fingerprint density at radius 2 is 2.00 bits per heavy atom. The molecule has 1 radical (unpaired) electrons. The van der Waals surface area contributed by atoms with Crippen LogP contribution in [0.3, 0.4) is 0 Å². The fraction of sp³-hybridized carbons (Fsp3) is 0.348. The van der Waals surface area contributed by atoms with E-state index in [0.717, 1.165) is 29.8 Å². The Bertz CT molecular complexity index is 1040. The summed E-state index contributed by atoms with van der Waals surface area (Å²) in [5, 5.41) is 5.09. The number of nitrogens with one attached hydrogen (secondary N) is 1. The summed E-state index contributed by atoms with van der Waals surface area (Å²) in [6.45, 7) is 7.59. The normalized spacial score (nSPS) is 23.0. The van der Waals surface area contributed by atoms with Gasteiger partial charge in [-0.25, -0.2) is 9.99 Å². The van der Waals surface area contributed by atoms with Crippen LogP contribution in [0.25, 0.3) is 15.9 Å². The van der Waals surface area contributed by atoms with E-state index in [1.165, 1.54) is 28.0 Å². The Morgan fingerprint density at radius 3 is 2.82 bits per heavy atom. The van der Waals surface area contributed by atoms with Crippen molar-refractivity contribution in [2.24, 2.45) is 0 Å². The van der Waals surface area contributed by atoms with Crippen molar-refractivity contribution in [3.8, 4) is 0 Å². The number of benzene rings is 2. The molecule has 2 aliphatic heterocycles. The Balaban J connectivity index is 1.47. The molecule has 3 heterocycles. The van der Waals surface area contributed by atoms with Crippen LogP contribution in [0, 0.1) is 20.0 Å². The highest BCUT2D eigenvalue weighted by atomic mass is 32.2. The maximum Gasteiger partial charge on any atom is 0.126 e. The van der Waals surface area contributed by atoms with Crippen LogP contribution in [-0.4, -0.2) is 31.9 Å². The number of rotatable bonds is 3. The van der Waals surface area contributed by atoms with Crippen LogP contribution in [0.5, 0.6) is 0 Å². The summed E-state index contributed by atoms with van der Waals surface area (Å²) in [6, 6.07) is 15.3. The van der Waals surface area contributed by atoms with E-state index in [1.54, 1.807) is 0 Å².